The maximum Gasteiger partial charge on any atom is 0.340 e. The van der Waals surface area contributed by atoms with E-state index in [-0.39, 0.29) is 5.97 Å². The third kappa shape index (κ3) is 3.96. The molecule has 0 unspecified atom stereocenters. The lowest BCUT2D eigenvalue weighted by molar-refractivity contribution is 0.0526. The lowest BCUT2D eigenvalue weighted by Crippen LogP contribution is -2.07. The van der Waals surface area contributed by atoms with E-state index in [2.05, 4.69) is 27.4 Å². The quantitative estimate of drug-likeness (QED) is 0.598. The molecule has 0 saturated carbocycles. The molecule has 3 aromatic rings. The van der Waals surface area contributed by atoms with Crippen molar-refractivity contribution in [2.45, 2.75) is 27.2 Å². The van der Waals surface area contributed by atoms with E-state index in [4.69, 9.17) is 4.74 Å². The zero-order valence-corrected chi connectivity index (χ0v) is 16.1. The van der Waals surface area contributed by atoms with Crippen LogP contribution in [0.2, 0.25) is 0 Å². The fraction of sp³-hybridized carbons (Fsp3) is 0.300. The number of aromatic amines is 1. The number of thiazole rings is 1. The topological polar surface area (TPSA) is 67.0 Å². The molecule has 1 aromatic carbocycles. The van der Waals surface area contributed by atoms with Crippen LogP contribution in [0.1, 0.15) is 34.2 Å². The van der Waals surface area contributed by atoms with Crippen molar-refractivity contribution in [3.05, 3.63) is 58.2 Å². The maximum absolute atomic E-state index is 12.3. The van der Waals surface area contributed by atoms with Crippen molar-refractivity contribution in [3.63, 3.8) is 0 Å². The molecular formula is C20H23N3O2S. The fourth-order valence-electron chi connectivity index (χ4n) is 2.99. The number of carbonyl (C=O) groups excluding carboxylic acids is 1. The smallest absolute Gasteiger partial charge is 0.340 e. The van der Waals surface area contributed by atoms with Crippen LogP contribution in [-0.4, -0.2) is 29.1 Å². The number of anilines is 1. The maximum atomic E-state index is 12.3. The molecule has 136 valence electrons. The molecule has 0 fully saturated rings. The molecule has 0 aliphatic carbocycles. The Labute approximate surface area is 157 Å². The minimum absolute atomic E-state index is 0.309. The summed E-state index contributed by atoms with van der Waals surface area (Å²) in [6.45, 7) is 6.81. The Balaban J connectivity index is 1.74. The first-order valence-electron chi connectivity index (χ1n) is 8.70. The Morgan fingerprint density at radius 1 is 1.23 bits per heavy atom. The highest BCUT2D eigenvalue weighted by molar-refractivity contribution is 7.14. The third-order valence-corrected chi connectivity index (χ3v) is 4.95. The second-order valence-corrected chi connectivity index (χ2v) is 6.90. The zero-order valence-electron chi connectivity index (χ0n) is 15.3. The Bertz CT molecular complexity index is 884. The monoisotopic (exact) mass is 369 g/mol. The van der Waals surface area contributed by atoms with Crippen LogP contribution in [0, 0.1) is 13.8 Å². The van der Waals surface area contributed by atoms with Crippen molar-refractivity contribution in [1.29, 1.82) is 0 Å². The van der Waals surface area contributed by atoms with Gasteiger partial charge in [-0.25, -0.2) is 9.78 Å². The van der Waals surface area contributed by atoms with Crippen LogP contribution in [0.15, 0.2) is 35.7 Å². The molecule has 0 aliphatic rings. The molecule has 2 aromatic heterocycles. The molecule has 0 aliphatic heterocycles. The van der Waals surface area contributed by atoms with E-state index in [9.17, 15) is 4.79 Å². The predicted molar refractivity (Wildman–Crippen MR) is 106 cm³/mol. The van der Waals surface area contributed by atoms with Gasteiger partial charge in [0, 0.05) is 28.9 Å². The molecule has 26 heavy (non-hydrogen) atoms. The summed E-state index contributed by atoms with van der Waals surface area (Å²) in [7, 11) is 0. The van der Waals surface area contributed by atoms with Crippen molar-refractivity contribution in [2.24, 2.45) is 0 Å². The van der Waals surface area contributed by atoms with Gasteiger partial charge in [-0.05, 0) is 32.8 Å². The summed E-state index contributed by atoms with van der Waals surface area (Å²) in [5, 5.41) is 6.19. The van der Waals surface area contributed by atoms with Crippen LogP contribution in [0.25, 0.3) is 11.3 Å². The SMILES string of the molecule is CCOC(=O)c1c(C)[nH]c(C)c1-c1csc(NCCc2ccccc2)n1. The van der Waals surface area contributed by atoms with Gasteiger partial charge in [-0.3, -0.25) is 0 Å². The largest absolute Gasteiger partial charge is 0.462 e. The summed E-state index contributed by atoms with van der Waals surface area (Å²) in [5.74, 6) is -0.309. The van der Waals surface area contributed by atoms with Gasteiger partial charge >= 0.3 is 5.97 Å². The predicted octanol–water partition coefficient (Wildman–Crippen LogP) is 4.59. The van der Waals surface area contributed by atoms with Crippen LogP contribution in [-0.2, 0) is 11.2 Å². The first-order chi connectivity index (χ1) is 12.6. The Morgan fingerprint density at radius 3 is 2.73 bits per heavy atom. The highest BCUT2D eigenvalue weighted by atomic mass is 32.1. The highest BCUT2D eigenvalue weighted by Gasteiger charge is 2.23. The molecule has 0 bridgehead atoms. The summed E-state index contributed by atoms with van der Waals surface area (Å²) < 4.78 is 5.21. The molecular weight excluding hydrogens is 346 g/mol. The van der Waals surface area contributed by atoms with Crippen molar-refractivity contribution in [2.75, 3.05) is 18.5 Å². The Kier molecular flexibility index (Phi) is 5.73. The molecule has 0 radical (unpaired) electrons. The lowest BCUT2D eigenvalue weighted by Gasteiger charge is -2.05. The Morgan fingerprint density at radius 2 is 2.00 bits per heavy atom. The van der Waals surface area contributed by atoms with Gasteiger partial charge in [0.25, 0.3) is 0 Å². The average molecular weight is 369 g/mol. The van der Waals surface area contributed by atoms with Crippen LogP contribution in [0.3, 0.4) is 0 Å². The van der Waals surface area contributed by atoms with Gasteiger partial charge in [-0.1, -0.05) is 30.3 Å². The number of H-pyrrole nitrogens is 1. The van der Waals surface area contributed by atoms with E-state index >= 15 is 0 Å². The van der Waals surface area contributed by atoms with Crippen LogP contribution >= 0.6 is 11.3 Å². The molecule has 0 atom stereocenters. The number of nitrogens with zero attached hydrogens (tertiary/aromatic N) is 1. The minimum atomic E-state index is -0.309. The van der Waals surface area contributed by atoms with E-state index in [0.717, 1.165) is 40.7 Å². The molecule has 3 rings (SSSR count). The van der Waals surface area contributed by atoms with Crippen LogP contribution in [0.4, 0.5) is 5.13 Å². The third-order valence-electron chi connectivity index (χ3n) is 4.15. The number of carbonyl (C=O) groups is 1. The van der Waals surface area contributed by atoms with Gasteiger partial charge in [-0.15, -0.1) is 11.3 Å². The van der Waals surface area contributed by atoms with Gasteiger partial charge in [-0.2, -0.15) is 0 Å². The van der Waals surface area contributed by atoms with Crippen molar-refractivity contribution in [1.82, 2.24) is 9.97 Å². The average Bonchev–Trinajstić information content (AvgIpc) is 3.19. The standard InChI is InChI=1S/C20H23N3O2S/c1-4-25-19(24)18-14(3)22-13(2)17(18)16-12-26-20(23-16)21-11-10-15-8-6-5-7-9-15/h5-9,12,22H,4,10-11H2,1-3H3,(H,21,23). The lowest BCUT2D eigenvalue weighted by atomic mass is 10.1. The summed E-state index contributed by atoms with van der Waals surface area (Å²) in [6, 6.07) is 10.3. The highest BCUT2D eigenvalue weighted by Crippen LogP contribution is 2.32. The second-order valence-electron chi connectivity index (χ2n) is 6.05. The number of esters is 1. The Hall–Kier alpha value is -2.60. The van der Waals surface area contributed by atoms with Crippen molar-refractivity contribution in [3.8, 4) is 11.3 Å². The van der Waals surface area contributed by atoms with Gasteiger partial charge < -0.3 is 15.0 Å². The van der Waals surface area contributed by atoms with Crippen molar-refractivity contribution < 1.29 is 9.53 Å². The van der Waals surface area contributed by atoms with E-state index < -0.39 is 0 Å². The van der Waals surface area contributed by atoms with Crippen molar-refractivity contribution >= 4 is 22.4 Å². The normalized spacial score (nSPS) is 10.7. The number of hydrogen-bond donors (Lipinski definition) is 2. The summed E-state index contributed by atoms with van der Waals surface area (Å²) >= 11 is 1.54. The van der Waals surface area contributed by atoms with Crippen LogP contribution in [0.5, 0.6) is 0 Å². The fourth-order valence-corrected chi connectivity index (χ4v) is 3.72. The molecule has 6 heteroatoms. The zero-order chi connectivity index (χ0) is 18.5. The van der Waals surface area contributed by atoms with Gasteiger partial charge in [0.2, 0.25) is 0 Å². The molecule has 0 amide bonds. The van der Waals surface area contributed by atoms with E-state index in [1.54, 1.807) is 11.3 Å². The van der Waals surface area contributed by atoms with E-state index in [1.165, 1.54) is 5.56 Å². The number of nitrogens with one attached hydrogen (secondary N) is 2. The summed E-state index contributed by atoms with van der Waals surface area (Å²) in [5.41, 5.74) is 5.22. The molecule has 2 heterocycles. The molecule has 0 saturated heterocycles. The summed E-state index contributed by atoms with van der Waals surface area (Å²) in [4.78, 5) is 20.2. The number of rotatable bonds is 7. The number of ether oxygens (including phenoxy) is 1. The van der Waals surface area contributed by atoms with Gasteiger partial charge in [0.1, 0.15) is 0 Å². The molecule has 2 N–H and O–H groups in total. The molecule has 5 nitrogen and oxygen atoms in total. The number of aryl methyl sites for hydroxylation is 2. The van der Waals surface area contributed by atoms with Gasteiger partial charge in [0.05, 0.1) is 17.9 Å². The van der Waals surface area contributed by atoms with Crippen LogP contribution < -0.4 is 5.32 Å². The minimum Gasteiger partial charge on any atom is -0.462 e. The number of benzene rings is 1. The first-order valence-corrected chi connectivity index (χ1v) is 9.58. The second kappa shape index (κ2) is 8.19. The van der Waals surface area contributed by atoms with E-state index in [1.807, 2.05) is 44.4 Å². The van der Waals surface area contributed by atoms with E-state index in [0.29, 0.717) is 12.2 Å². The number of aromatic nitrogens is 2. The first kappa shape index (κ1) is 18.2. The summed E-state index contributed by atoms with van der Waals surface area (Å²) in [6.07, 6.45) is 0.937. The van der Waals surface area contributed by atoms with Gasteiger partial charge in [0.15, 0.2) is 5.13 Å². The number of hydrogen-bond acceptors (Lipinski definition) is 5. The molecule has 0 spiro atoms.